The molecule has 6 heteroatoms. The van der Waals surface area contributed by atoms with Crippen LogP contribution in [-0.4, -0.2) is 38.4 Å². The van der Waals surface area contributed by atoms with E-state index in [1.54, 1.807) is 6.07 Å². The molecule has 0 radical (unpaired) electrons. The van der Waals surface area contributed by atoms with E-state index in [1.807, 2.05) is 30.9 Å². The van der Waals surface area contributed by atoms with E-state index in [9.17, 15) is 13.2 Å². The number of nitrogens with zero attached hydrogens (tertiary/aromatic N) is 1. The van der Waals surface area contributed by atoms with E-state index in [1.165, 1.54) is 6.42 Å². The quantitative estimate of drug-likeness (QED) is 0.893. The van der Waals surface area contributed by atoms with Crippen molar-refractivity contribution < 1.29 is 13.2 Å². The Balaban J connectivity index is 1.64. The molecule has 0 bridgehead atoms. The largest absolute Gasteiger partial charge is 0.341 e. The summed E-state index contributed by atoms with van der Waals surface area (Å²) >= 11 is 0. The van der Waals surface area contributed by atoms with Gasteiger partial charge >= 0.3 is 0 Å². The zero-order chi connectivity index (χ0) is 18.0. The summed E-state index contributed by atoms with van der Waals surface area (Å²) in [5, 5.41) is 0. The van der Waals surface area contributed by atoms with Crippen LogP contribution in [0.4, 0.5) is 0 Å². The summed E-state index contributed by atoms with van der Waals surface area (Å²) in [6.07, 6.45) is 6.13. The number of carbonyl (C=O) groups is 1. The van der Waals surface area contributed by atoms with Crippen molar-refractivity contribution in [3.8, 4) is 0 Å². The fraction of sp³-hybridized carbons (Fsp3) is 0.632. The van der Waals surface area contributed by atoms with Crippen molar-refractivity contribution in [1.82, 2.24) is 9.62 Å². The molecule has 1 saturated heterocycles. The van der Waals surface area contributed by atoms with Gasteiger partial charge in [-0.1, -0.05) is 31.4 Å². The molecule has 1 heterocycles. The molecule has 1 aliphatic carbocycles. The molecule has 5 nitrogen and oxygen atoms in total. The highest BCUT2D eigenvalue weighted by Crippen LogP contribution is 2.27. The van der Waals surface area contributed by atoms with Crippen LogP contribution in [0.15, 0.2) is 23.1 Å². The van der Waals surface area contributed by atoms with Gasteiger partial charge in [0.25, 0.3) is 0 Å². The molecule has 1 aromatic rings. The highest BCUT2D eigenvalue weighted by molar-refractivity contribution is 7.89. The molecule has 25 heavy (non-hydrogen) atoms. The van der Waals surface area contributed by atoms with Crippen molar-refractivity contribution in [1.29, 1.82) is 0 Å². The normalized spacial score (nSPS) is 22.3. The smallest absolute Gasteiger partial charge is 0.241 e. The Morgan fingerprint density at radius 2 is 1.84 bits per heavy atom. The average Bonchev–Trinajstić information content (AvgIpc) is 3.04. The lowest BCUT2D eigenvalue weighted by molar-refractivity contribution is -0.135. The van der Waals surface area contributed by atoms with Crippen LogP contribution in [0.5, 0.6) is 0 Å². The van der Waals surface area contributed by atoms with E-state index >= 15 is 0 Å². The minimum absolute atomic E-state index is 0.142. The molecule has 1 aromatic carbocycles. The monoisotopic (exact) mass is 364 g/mol. The van der Waals surface area contributed by atoms with E-state index in [4.69, 9.17) is 0 Å². The van der Waals surface area contributed by atoms with Crippen LogP contribution in [0, 0.1) is 19.8 Å². The molecular formula is C19H28N2O3S. The van der Waals surface area contributed by atoms with E-state index in [0.717, 1.165) is 36.8 Å². The predicted molar refractivity (Wildman–Crippen MR) is 97.8 cm³/mol. The topological polar surface area (TPSA) is 66.5 Å². The Labute approximate surface area is 150 Å². The zero-order valence-electron chi connectivity index (χ0n) is 15.1. The summed E-state index contributed by atoms with van der Waals surface area (Å²) in [6.45, 7) is 4.83. The number of amides is 1. The number of hydrogen-bond acceptors (Lipinski definition) is 3. The van der Waals surface area contributed by atoms with Gasteiger partial charge in [-0.15, -0.1) is 0 Å². The van der Waals surface area contributed by atoms with Gasteiger partial charge < -0.3 is 4.90 Å². The molecule has 1 unspecified atom stereocenters. The first-order valence-corrected chi connectivity index (χ1v) is 10.7. The SMILES string of the molecule is Cc1ccc(C)c(S(=O)(=O)NC2CCN(C(=O)C3CCCCC3)C2)c1. The van der Waals surface area contributed by atoms with Gasteiger partial charge in [0.1, 0.15) is 0 Å². The average molecular weight is 365 g/mol. The minimum atomic E-state index is -3.56. The van der Waals surface area contributed by atoms with Crippen LogP contribution >= 0.6 is 0 Å². The molecule has 1 saturated carbocycles. The van der Waals surface area contributed by atoms with Crippen molar-refractivity contribution >= 4 is 15.9 Å². The van der Waals surface area contributed by atoms with Crippen molar-refractivity contribution in [3.63, 3.8) is 0 Å². The van der Waals surface area contributed by atoms with Gasteiger partial charge in [0.2, 0.25) is 15.9 Å². The molecule has 1 atom stereocenters. The van der Waals surface area contributed by atoms with Crippen LogP contribution < -0.4 is 4.72 Å². The van der Waals surface area contributed by atoms with Gasteiger partial charge in [-0.25, -0.2) is 13.1 Å². The fourth-order valence-electron chi connectivity index (χ4n) is 3.94. The summed E-state index contributed by atoms with van der Waals surface area (Å²) in [7, 11) is -3.56. The molecular weight excluding hydrogens is 336 g/mol. The first-order chi connectivity index (χ1) is 11.9. The Bertz CT molecular complexity index is 739. The second kappa shape index (κ2) is 7.46. The number of benzene rings is 1. The van der Waals surface area contributed by atoms with Crippen molar-refractivity contribution in [2.45, 2.75) is 63.3 Å². The molecule has 1 amide bonds. The van der Waals surface area contributed by atoms with Crippen LogP contribution in [0.2, 0.25) is 0 Å². The van der Waals surface area contributed by atoms with Crippen molar-refractivity contribution in [2.75, 3.05) is 13.1 Å². The van der Waals surface area contributed by atoms with E-state index in [-0.39, 0.29) is 17.9 Å². The van der Waals surface area contributed by atoms with Crippen LogP contribution in [-0.2, 0) is 14.8 Å². The molecule has 1 aliphatic heterocycles. The first-order valence-electron chi connectivity index (χ1n) is 9.25. The molecule has 0 spiro atoms. The number of nitrogens with one attached hydrogen (secondary N) is 1. The molecule has 0 aromatic heterocycles. The number of carbonyl (C=O) groups excluding carboxylic acids is 1. The highest BCUT2D eigenvalue weighted by Gasteiger charge is 2.33. The fourth-order valence-corrected chi connectivity index (χ4v) is 5.54. The van der Waals surface area contributed by atoms with E-state index < -0.39 is 10.0 Å². The highest BCUT2D eigenvalue weighted by atomic mass is 32.2. The van der Waals surface area contributed by atoms with Gasteiger partial charge in [0.05, 0.1) is 4.90 Å². The molecule has 2 aliphatic rings. The summed E-state index contributed by atoms with van der Waals surface area (Å²) in [5.74, 6) is 0.358. The van der Waals surface area contributed by atoms with Gasteiger partial charge in [0.15, 0.2) is 0 Å². The Morgan fingerprint density at radius 3 is 2.56 bits per heavy atom. The van der Waals surface area contributed by atoms with Gasteiger partial charge in [-0.05, 0) is 50.3 Å². The Hall–Kier alpha value is -1.40. The third kappa shape index (κ3) is 4.23. The number of aryl methyl sites for hydroxylation is 2. The summed E-state index contributed by atoms with van der Waals surface area (Å²) in [5.41, 5.74) is 1.66. The number of rotatable bonds is 4. The number of hydrogen-bond donors (Lipinski definition) is 1. The zero-order valence-corrected chi connectivity index (χ0v) is 15.9. The number of sulfonamides is 1. The summed E-state index contributed by atoms with van der Waals surface area (Å²) in [6, 6.07) is 5.25. The maximum absolute atomic E-state index is 12.7. The lowest BCUT2D eigenvalue weighted by atomic mass is 9.88. The Kier molecular flexibility index (Phi) is 5.49. The van der Waals surface area contributed by atoms with Crippen LogP contribution in [0.25, 0.3) is 0 Å². The maximum atomic E-state index is 12.7. The predicted octanol–water partition coefficient (Wildman–Crippen LogP) is 2.76. The van der Waals surface area contributed by atoms with Crippen molar-refractivity contribution in [3.05, 3.63) is 29.3 Å². The van der Waals surface area contributed by atoms with E-state index in [2.05, 4.69) is 4.72 Å². The van der Waals surface area contributed by atoms with Crippen LogP contribution in [0.1, 0.15) is 49.7 Å². The third-order valence-electron chi connectivity index (χ3n) is 5.41. The second-order valence-corrected chi connectivity index (χ2v) is 9.18. The van der Waals surface area contributed by atoms with Gasteiger partial charge in [-0.2, -0.15) is 0 Å². The second-order valence-electron chi connectivity index (χ2n) is 7.50. The van der Waals surface area contributed by atoms with E-state index in [0.29, 0.717) is 24.4 Å². The standard InChI is InChI=1S/C19H28N2O3S/c1-14-8-9-15(2)18(12-14)25(23,24)20-17-10-11-21(13-17)19(22)16-6-4-3-5-7-16/h8-9,12,16-17,20H,3-7,10-11,13H2,1-2H3. The summed E-state index contributed by atoms with van der Waals surface area (Å²) in [4.78, 5) is 14.8. The third-order valence-corrected chi connectivity index (χ3v) is 7.07. The molecule has 2 fully saturated rings. The lowest BCUT2D eigenvalue weighted by Crippen LogP contribution is -2.40. The lowest BCUT2D eigenvalue weighted by Gasteiger charge is -2.26. The summed E-state index contributed by atoms with van der Waals surface area (Å²) < 4.78 is 28.3. The van der Waals surface area contributed by atoms with Crippen LogP contribution in [0.3, 0.4) is 0 Å². The minimum Gasteiger partial charge on any atom is -0.341 e. The molecule has 1 N–H and O–H groups in total. The van der Waals surface area contributed by atoms with Crippen molar-refractivity contribution in [2.24, 2.45) is 5.92 Å². The molecule has 138 valence electrons. The van der Waals surface area contributed by atoms with Gasteiger partial charge in [-0.3, -0.25) is 4.79 Å². The molecule has 3 rings (SSSR count). The maximum Gasteiger partial charge on any atom is 0.241 e. The number of likely N-dealkylation sites (tertiary alicyclic amines) is 1. The first kappa shape index (κ1) is 18.4. The Morgan fingerprint density at radius 1 is 1.12 bits per heavy atom. The van der Waals surface area contributed by atoms with Gasteiger partial charge in [0, 0.05) is 25.0 Å².